The molecule has 2 aromatic rings. The van der Waals surface area contributed by atoms with Crippen molar-refractivity contribution in [1.29, 1.82) is 0 Å². The first kappa shape index (κ1) is 22.1. The summed E-state index contributed by atoms with van der Waals surface area (Å²) in [5.41, 5.74) is 2.61. The molecule has 160 valence electrons. The van der Waals surface area contributed by atoms with Gasteiger partial charge in [-0.3, -0.25) is 9.59 Å². The average molecular weight is 431 g/mol. The van der Waals surface area contributed by atoms with Crippen molar-refractivity contribution in [2.75, 3.05) is 6.61 Å². The fourth-order valence-corrected chi connectivity index (χ4v) is 4.04. The Morgan fingerprint density at radius 2 is 1.80 bits per heavy atom. The topological polar surface area (TPSA) is 68.6 Å². The normalized spacial score (nSPS) is 14.3. The number of carbonyl (C=O) groups excluding carboxylic acids is 3. The maximum atomic E-state index is 13.5. The van der Waals surface area contributed by atoms with Gasteiger partial charge in [-0.1, -0.05) is 11.6 Å². The zero-order valence-corrected chi connectivity index (χ0v) is 18.7. The molecular weight excluding hydrogens is 404 g/mol. The van der Waals surface area contributed by atoms with Gasteiger partial charge in [-0.05, 0) is 70.4 Å². The summed E-state index contributed by atoms with van der Waals surface area (Å²) in [4.78, 5) is 40.8. The number of ketones is 1. The van der Waals surface area contributed by atoms with E-state index in [-0.39, 0.29) is 24.3 Å². The van der Waals surface area contributed by atoms with Crippen LogP contribution in [0, 0.1) is 13.8 Å². The van der Waals surface area contributed by atoms with Crippen molar-refractivity contribution in [2.45, 2.75) is 52.6 Å². The predicted octanol–water partition coefficient (Wildman–Crippen LogP) is 4.35. The van der Waals surface area contributed by atoms with E-state index < -0.39 is 12.0 Å². The Kier molecular flexibility index (Phi) is 6.36. The molecule has 1 amide bonds. The standard InChI is InChI=1S/C23H27ClN2O4/c1-6-30-23(29)20-13(2)19(14(3)25(20)5)21(27)15(4)26(18-11-12-18)22(28)16-7-9-17(24)10-8-16/h7-10,15,18H,6,11-12H2,1-5H3/t15-/m0/s1. The number of carbonyl (C=O) groups is 3. The Morgan fingerprint density at radius 3 is 2.33 bits per heavy atom. The fraction of sp³-hybridized carbons (Fsp3) is 0.435. The number of rotatable bonds is 7. The summed E-state index contributed by atoms with van der Waals surface area (Å²) in [7, 11) is 1.74. The second-order valence-corrected chi connectivity index (χ2v) is 8.14. The molecule has 0 saturated heterocycles. The number of ether oxygens (including phenoxy) is 1. The zero-order valence-electron chi connectivity index (χ0n) is 18.0. The molecule has 6 nitrogen and oxygen atoms in total. The van der Waals surface area contributed by atoms with E-state index in [9.17, 15) is 14.4 Å². The highest BCUT2D eigenvalue weighted by Crippen LogP contribution is 2.33. The average Bonchev–Trinajstić information content (AvgIpc) is 3.50. The minimum atomic E-state index is -0.657. The van der Waals surface area contributed by atoms with Crippen LogP contribution in [0.4, 0.5) is 0 Å². The third-order valence-electron chi connectivity index (χ3n) is 5.71. The first-order valence-electron chi connectivity index (χ1n) is 10.1. The van der Waals surface area contributed by atoms with E-state index in [0.717, 1.165) is 12.8 Å². The van der Waals surface area contributed by atoms with Crippen molar-refractivity contribution in [3.05, 3.63) is 57.4 Å². The SMILES string of the molecule is CCOC(=O)c1c(C)c(C(=O)[C@H](C)N(C(=O)c2ccc(Cl)cc2)C2CC2)c(C)n1C. The summed E-state index contributed by atoms with van der Waals surface area (Å²) < 4.78 is 6.84. The molecule has 0 bridgehead atoms. The van der Waals surface area contributed by atoms with E-state index >= 15 is 0 Å². The van der Waals surface area contributed by atoms with Gasteiger partial charge in [0, 0.05) is 34.9 Å². The highest BCUT2D eigenvalue weighted by Gasteiger charge is 2.40. The van der Waals surface area contributed by atoms with Gasteiger partial charge in [-0.25, -0.2) is 4.79 Å². The lowest BCUT2D eigenvalue weighted by atomic mass is 9.99. The number of esters is 1. The third-order valence-corrected chi connectivity index (χ3v) is 5.96. The Hall–Kier alpha value is -2.60. The highest BCUT2D eigenvalue weighted by molar-refractivity contribution is 6.30. The molecule has 7 heteroatoms. The first-order valence-corrected chi connectivity index (χ1v) is 10.5. The predicted molar refractivity (Wildman–Crippen MR) is 115 cm³/mol. The number of aromatic nitrogens is 1. The molecule has 1 atom stereocenters. The van der Waals surface area contributed by atoms with Gasteiger partial charge in [0.15, 0.2) is 5.78 Å². The van der Waals surface area contributed by atoms with Crippen LogP contribution >= 0.6 is 11.6 Å². The van der Waals surface area contributed by atoms with Gasteiger partial charge in [-0.15, -0.1) is 0 Å². The van der Waals surface area contributed by atoms with Gasteiger partial charge in [0.1, 0.15) is 5.69 Å². The Balaban J connectivity index is 1.95. The summed E-state index contributed by atoms with van der Waals surface area (Å²) in [5.74, 6) is -0.819. The zero-order chi connectivity index (χ0) is 22.2. The molecule has 1 aliphatic rings. The Morgan fingerprint density at radius 1 is 1.20 bits per heavy atom. The second kappa shape index (κ2) is 8.64. The molecule has 1 aliphatic carbocycles. The molecule has 1 heterocycles. The van der Waals surface area contributed by atoms with Crippen molar-refractivity contribution in [3.63, 3.8) is 0 Å². The minimum Gasteiger partial charge on any atom is -0.461 e. The second-order valence-electron chi connectivity index (χ2n) is 7.70. The van der Waals surface area contributed by atoms with Gasteiger partial charge in [0.25, 0.3) is 5.91 Å². The van der Waals surface area contributed by atoms with E-state index in [4.69, 9.17) is 16.3 Å². The summed E-state index contributed by atoms with van der Waals surface area (Å²) >= 11 is 5.94. The number of nitrogens with zero attached hydrogens (tertiary/aromatic N) is 2. The molecule has 0 radical (unpaired) electrons. The van der Waals surface area contributed by atoms with Crippen LogP contribution in [0.25, 0.3) is 0 Å². The summed E-state index contributed by atoms with van der Waals surface area (Å²) in [6.07, 6.45) is 1.75. The quantitative estimate of drug-likeness (QED) is 0.483. The molecule has 1 fully saturated rings. The lowest BCUT2D eigenvalue weighted by Gasteiger charge is -2.29. The molecule has 0 N–H and O–H groups in total. The third kappa shape index (κ3) is 4.01. The molecule has 30 heavy (non-hydrogen) atoms. The molecule has 0 unspecified atom stereocenters. The molecular formula is C23H27ClN2O4. The minimum absolute atomic E-state index is 0.0426. The highest BCUT2D eigenvalue weighted by atomic mass is 35.5. The number of hydrogen-bond donors (Lipinski definition) is 0. The molecule has 0 spiro atoms. The molecule has 0 aliphatic heterocycles. The molecule has 1 aromatic heterocycles. The van der Waals surface area contributed by atoms with E-state index in [1.54, 1.807) is 68.5 Å². The van der Waals surface area contributed by atoms with Crippen LogP contribution in [0.5, 0.6) is 0 Å². The van der Waals surface area contributed by atoms with Crippen LogP contribution < -0.4 is 0 Å². The smallest absolute Gasteiger partial charge is 0.355 e. The number of amides is 1. The van der Waals surface area contributed by atoms with Crippen molar-refractivity contribution in [2.24, 2.45) is 7.05 Å². The van der Waals surface area contributed by atoms with E-state index in [1.165, 1.54) is 0 Å². The van der Waals surface area contributed by atoms with E-state index in [2.05, 4.69) is 0 Å². The number of Topliss-reactive ketones (excluding diaryl/α,β-unsaturated/α-hetero) is 1. The van der Waals surface area contributed by atoms with Gasteiger partial charge in [0.05, 0.1) is 12.6 Å². The van der Waals surface area contributed by atoms with Crippen LogP contribution in [-0.2, 0) is 11.8 Å². The van der Waals surface area contributed by atoms with E-state index in [0.29, 0.717) is 33.1 Å². The lowest BCUT2D eigenvalue weighted by Crippen LogP contribution is -2.45. The van der Waals surface area contributed by atoms with Gasteiger partial charge in [-0.2, -0.15) is 0 Å². The molecule has 1 saturated carbocycles. The first-order chi connectivity index (χ1) is 14.2. The Bertz CT molecular complexity index is 990. The van der Waals surface area contributed by atoms with Crippen LogP contribution in [0.3, 0.4) is 0 Å². The Labute approximate surface area is 181 Å². The number of benzene rings is 1. The fourth-order valence-electron chi connectivity index (χ4n) is 3.92. The van der Waals surface area contributed by atoms with Crippen molar-refractivity contribution in [1.82, 2.24) is 9.47 Å². The van der Waals surface area contributed by atoms with Gasteiger partial charge >= 0.3 is 5.97 Å². The van der Waals surface area contributed by atoms with Crippen LogP contribution in [-0.4, -0.2) is 45.8 Å². The van der Waals surface area contributed by atoms with Crippen molar-refractivity contribution < 1.29 is 19.1 Å². The molecule has 1 aromatic carbocycles. The lowest BCUT2D eigenvalue weighted by molar-refractivity contribution is 0.0513. The number of halogens is 1. The van der Waals surface area contributed by atoms with E-state index in [1.807, 2.05) is 0 Å². The van der Waals surface area contributed by atoms with Gasteiger partial charge < -0.3 is 14.2 Å². The maximum absolute atomic E-state index is 13.5. The van der Waals surface area contributed by atoms with Crippen LogP contribution in [0.2, 0.25) is 5.02 Å². The summed E-state index contributed by atoms with van der Waals surface area (Å²) in [6, 6.07) is 6.08. The van der Waals surface area contributed by atoms with Gasteiger partial charge in [0.2, 0.25) is 0 Å². The maximum Gasteiger partial charge on any atom is 0.355 e. The summed E-state index contributed by atoms with van der Waals surface area (Å²) in [6.45, 7) is 7.31. The largest absolute Gasteiger partial charge is 0.461 e. The van der Waals surface area contributed by atoms with Crippen molar-refractivity contribution >= 4 is 29.3 Å². The number of hydrogen-bond acceptors (Lipinski definition) is 4. The van der Waals surface area contributed by atoms with Crippen LogP contribution in [0.15, 0.2) is 24.3 Å². The monoisotopic (exact) mass is 430 g/mol. The summed E-state index contributed by atoms with van der Waals surface area (Å²) in [5, 5.41) is 0.552. The van der Waals surface area contributed by atoms with Crippen LogP contribution in [0.1, 0.15) is 69.2 Å². The molecule has 3 rings (SSSR count). The van der Waals surface area contributed by atoms with Crippen molar-refractivity contribution in [3.8, 4) is 0 Å².